The number of carbonyl (C=O) groups excluding carboxylic acids is 1. The van der Waals surface area contributed by atoms with Crippen molar-refractivity contribution in [2.24, 2.45) is 0 Å². The van der Waals surface area contributed by atoms with Crippen LogP contribution in [0.15, 0.2) is 18.2 Å². The molecule has 0 atom stereocenters. The number of aromatic carboxylic acids is 1. The molecule has 84 valence electrons. The number of aromatic nitrogens is 1. The van der Waals surface area contributed by atoms with Gasteiger partial charge < -0.3 is 10.0 Å². The lowest BCUT2D eigenvalue weighted by molar-refractivity contribution is 0.0690. The van der Waals surface area contributed by atoms with Gasteiger partial charge in [0, 0.05) is 12.3 Å². The van der Waals surface area contributed by atoms with Crippen molar-refractivity contribution in [3.05, 3.63) is 29.6 Å². The van der Waals surface area contributed by atoms with Gasteiger partial charge in [-0.05, 0) is 12.1 Å². The molecule has 0 spiro atoms. The Morgan fingerprint density at radius 3 is 3.00 bits per heavy atom. The highest BCUT2D eigenvalue weighted by Crippen LogP contribution is 2.19. The number of pyridine rings is 1. The summed E-state index contributed by atoms with van der Waals surface area (Å²) in [6.07, 6.45) is 0. The first-order chi connectivity index (χ1) is 7.66. The molecule has 0 bridgehead atoms. The SMILES string of the molecule is O=C(O)c1cccc(CN2CCSC2=O)n1. The predicted molar refractivity (Wildman–Crippen MR) is 59.5 cm³/mol. The zero-order chi connectivity index (χ0) is 11.5. The van der Waals surface area contributed by atoms with Gasteiger partial charge >= 0.3 is 5.97 Å². The molecule has 0 unspecified atom stereocenters. The van der Waals surface area contributed by atoms with E-state index >= 15 is 0 Å². The van der Waals surface area contributed by atoms with Crippen molar-refractivity contribution >= 4 is 23.0 Å². The molecule has 1 N–H and O–H groups in total. The van der Waals surface area contributed by atoms with Crippen LogP contribution < -0.4 is 0 Å². The molecular weight excluding hydrogens is 228 g/mol. The fraction of sp³-hybridized carbons (Fsp3) is 0.300. The Bertz CT molecular complexity index is 436. The molecule has 1 aliphatic heterocycles. The van der Waals surface area contributed by atoms with Crippen molar-refractivity contribution < 1.29 is 14.7 Å². The van der Waals surface area contributed by atoms with Gasteiger partial charge in [0.15, 0.2) is 0 Å². The molecule has 1 aromatic heterocycles. The second-order valence-corrected chi connectivity index (χ2v) is 4.40. The molecule has 1 amide bonds. The number of rotatable bonds is 3. The zero-order valence-corrected chi connectivity index (χ0v) is 9.24. The number of amides is 1. The van der Waals surface area contributed by atoms with Gasteiger partial charge in [-0.2, -0.15) is 0 Å². The number of hydrogen-bond donors (Lipinski definition) is 1. The lowest BCUT2D eigenvalue weighted by Gasteiger charge is -2.13. The van der Waals surface area contributed by atoms with E-state index in [4.69, 9.17) is 5.11 Å². The van der Waals surface area contributed by atoms with Crippen LogP contribution in [0.2, 0.25) is 0 Å². The Hall–Kier alpha value is -1.56. The van der Waals surface area contributed by atoms with Gasteiger partial charge in [0.2, 0.25) is 0 Å². The predicted octanol–water partition coefficient (Wildman–Crippen LogP) is 1.45. The van der Waals surface area contributed by atoms with E-state index < -0.39 is 5.97 Å². The second-order valence-electron chi connectivity index (χ2n) is 3.36. The molecule has 0 aliphatic carbocycles. The smallest absolute Gasteiger partial charge is 0.354 e. The molecule has 2 heterocycles. The van der Waals surface area contributed by atoms with Crippen LogP contribution in [0.3, 0.4) is 0 Å². The second kappa shape index (κ2) is 4.52. The fourth-order valence-corrected chi connectivity index (χ4v) is 2.28. The third-order valence-electron chi connectivity index (χ3n) is 2.22. The molecule has 0 radical (unpaired) electrons. The van der Waals surface area contributed by atoms with Crippen LogP contribution in [-0.2, 0) is 6.54 Å². The van der Waals surface area contributed by atoms with E-state index in [0.29, 0.717) is 18.8 Å². The van der Waals surface area contributed by atoms with Crippen LogP contribution >= 0.6 is 11.8 Å². The minimum absolute atomic E-state index is 0.0109. The molecule has 0 aromatic carbocycles. The molecule has 16 heavy (non-hydrogen) atoms. The number of hydrogen-bond acceptors (Lipinski definition) is 4. The Morgan fingerprint density at radius 1 is 1.56 bits per heavy atom. The van der Waals surface area contributed by atoms with Gasteiger partial charge in [-0.25, -0.2) is 9.78 Å². The molecule has 1 saturated heterocycles. The quantitative estimate of drug-likeness (QED) is 0.863. The fourth-order valence-electron chi connectivity index (χ4n) is 1.45. The third kappa shape index (κ3) is 2.33. The zero-order valence-electron chi connectivity index (χ0n) is 8.42. The summed E-state index contributed by atoms with van der Waals surface area (Å²) in [5.74, 6) is -0.263. The van der Waals surface area contributed by atoms with E-state index in [1.54, 1.807) is 17.0 Å². The summed E-state index contributed by atoms with van der Waals surface area (Å²) in [4.78, 5) is 27.7. The van der Waals surface area contributed by atoms with Gasteiger partial charge in [0.1, 0.15) is 5.69 Å². The van der Waals surface area contributed by atoms with Crippen molar-refractivity contribution in [1.29, 1.82) is 0 Å². The Labute approximate surface area is 96.5 Å². The van der Waals surface area contributed by atoms with E-state index in [0.717, 1.165) is 5.75 Å². The van der Waals surface area contributed by atoms with Crippen LogP contribution in [-0.4, -0.2) is 38.5 Å². The number of nitrogens with zero attached hydrogens (tertiary/aromatic N) is 2. The van der Waals surface area contributed by atoms with Crippen molar-refractivity contribution in [3.63, 3.8) is 0 Å². The summed E-state index contributed by atoms with van der Waals surface area (Å²) >= 11 is 1.28. The van der Waals surface area contributed by atoms with E-state index in [-0.39, 0.29) is 10.9 Å². The lowest BCUT2D eigenvalue weighted by atomic mass is 10.3. The molecule has 2 rings (SSSR count). The Morgan fingerprint density at radius 2 is 2.38 bits per heavy atom. The van der Waals surface area contributed by atoms with E-state index in [9.17, 15) is 9.59 Å². The van der Waals surface area contributed by atoms with Crippen molar-refractivity contribution in [3.8, 4) is 0 Å². The van der Waals surface area contributed by atoms with Crippen molar-refractivity contribution in [2.45, 2.75) is 6.54 Å². The Balaban J connectivity index is 2.12. The highest BCUT2D eigenvalue weighted by molar-refractivity contribution is 8.13. The molecule has 6 heteroatoms. The van der Waals surface area contributed by atoms with Gasteiger partial charge in [-0.15, -0.1) is 0 Å². The molecule has 1 fully saturated rings. The largest absolute Gasteiger partial charge is 0.477 e. The van der Waals surface area contributed by atoms with Gasteiger partial charge in [-0.3, -0.25) is 4.79 Å². The summed E-state index contributed by atoms with van der Waals surface area (Å²) in [6, 6.07) is 4.80. The summed E-state index contributed by atoms with van der Waals surface area (Å²) in [6.45, 7) is 1.08. The molecule has 0 saturated carbocycles. The number of carboxylic acids is 1. The standard InChI is InChI=1S/C10H10N2O3S/c13-9(14)8-3-1-2-7(11-8)6-12-4-5-16-10(12)15/h1-3H,4-6H2,(H,13,14). The van der Waals surface area contributed by atoms with Crippen LogP contribution in [0.1, 0.15) is 16.2 Å². The van der Waals surface area contributed by atoms with Crippen LogP contribution in [0.4, 0.5) is 4.79 Å². The van der Waals surface area contributed by atoms with E-state index in [1.807, 2.05) is 0 Å². The summed E-state index contributed by atoms with van der Waals surface area (Å²) in [5.41, 5.74) is 0.618. The van der Waals surface area contributed by atoms with E-state index in [1.165, 1.54) is 17.8 Å². The molecule has 5 nitrogen and oxygen atoms in total. The summed E-state index contributed by atoms with van der Waals surface area (Å²) in [5, 5.41) is 8.81. The van der Waals surface area contributed by atoms with Gasteiger partial charge in [-0.1, -0.05) is 17.8 Å². The Kier molecular flexibility index (Phi) is 3.09. The van der Waals surface area contributed by atoms with Crippen LogP contribution in [0.5, 0.6) is 0 Å². The third-order valence-corrected chi connectivity index (χ3v) is 3.12. The molecular formula is C10H10N2O3S. The average Bonchev–Trinajstić information content (AvgIpc) is 2.65. The minimum Gasteiger partial charge on any atom is -0.477 e. The van der Waals surface area contributed by atoms with Crippen molar-refractivity contribution in [2.75, 3.05) is 12.3 Å². The van der Waals surface area contributed by atoms with Crippen LogP contribution in [0, 0.1) is 0 Å². The number of carboxylic acid groups (broad SMARTS) is 1. The topological polar surface area (TPSA) is 70.5 Å². The first-order valence-electron chi connectivity index (χ1n) is 4.78. The van der Waals surface area contributed by atoms with Gasteiger partial charge in [0.25, 0.3) is 5.24 Å². The molecule has 1 aliphatic rings. The monoisotopic (exact) mass is 238 g/mol. The van der Waals surface area contributed by atoms with Crippen LogP contribution in [0.25, 0.3) is 0 Å². The first-order valence-corrected chi connectivity index (χ1v) is 5.76. The summed E-state index contributed by atoms with van der Waals surface area (Å²) in [7, 11) is 0. The van der Waals surface area contributed by atoms with E-state index in [2.05, 4.69) is 4.98 Å². The lowest BCUT2D eigenvalue weighted by Crippen LogP contribution is -2.23. The highest BCUT2D eigenvalue weighted by Gasteiger charge is 2.21. The maximum atomic E-state index is 11.3. The highest BCUT2D eigenvalue weighted by atomic mass is 32.2. The normalized spacial score (nSPS) is 15.5. The maximum Gasteiger partial charge on any atom is 0.354 e. The maximum absolute atomic E-state index is 11.3. The number of thioether (sulfide) groups is 1. The summed E-state index contributed by atoms with van der Waals surface area (Å²) < 4.78 is 0. The molecule has 1 aromatic rings. The minimum atomic E-state index is -1.05. The number of carbonyl (C=O) groups is 2. The van der Waals surface area contributed by atoms with Crippen molar-refractivity contribution in [1.82, 2.24) is 9.88 Å². The average molecular weight is 238 g/mol. The first kappa shape index (κ1) is 10.9. The van der Waals surface area contributed by atoms with Gasteiger partial charge in [0.05, 0.1) is 12.2 Å².